The molecule has 1 aromatic carbocycles. The van der Waals surface area contributed by atoms with E-state index in [1.807, 2.05) is 0 Å². The van der Waals surface area contributed by atoms with Gasteiger partial charge in [0.1, 0.15) is 0 Å². The Morgan fingerprint density at radius 1 is 1.00 bits per heavy atom. The normalized spacial score (nSPS) is 41.0. The van der Waals surface area contributed by atoms with E-state index < -0.39 is 0 Å². The predicted octanol–water partition coefficient (Wildman–Crippen LogP) is 4.85. The summed E-state index contributed by atoms with van der Waals surface area (Å²) in [5.41, 5.74) is 2.00. The van der Waals surface area contributed by atoms with Crippen molar-refractivity contribution < 1.29 is 9.53 Å². The number of hydrogen-bond acceptors (Lipinski definition) is 2. The maximum Gasteiger partial charge on any atom is 0.226 e. The van der Waals surface area contributed by atoms with E-state index in [1.165, 1.54) is 24.8 Å². The van der Waals surface area contributed by atoms with E-state index in [1.54, 1.807) is 0 Å². The van der Waals surface area contributed by atoms with Crippen LogP contribution in [0.1, 0.15) is 70.8 Å². The van der Waals surface area contributed by atoms with Crippen molar-refractivity contribution in [1.82, 2.24) is 5.32 Å². The molecule has 5 fully saturated rings. The van der Waals surface area contributed by atoms with Crippen molar-refractivity contribution in [3.63, 3.8) is 0 Å². The average Bonchev–Trinajstić information content (AvgIpc) is 2.65. The molecule has 4 bridgehead atoms. The number of carbonyl (C=O) groups is 1. The van der Waals surface area contributed by atoms with Crippen molar-refractivity contribution in [1.29, 1.82) is 0 Å². The van der Waals surface area contributed by atoms with Crippen LogP contribution in [0.3, 0.4) is 0 Å². The van der Waals surface area contributed by atoms with Crippen LogP contribution in [0, 0.1) is 22.2 Å². The predicted molar refractivity (Wildman–Crippen MR) is 111 cm³/mol. The summed E-state index contributed by atoms with van der Waals surface area (Å²) in [5.74, 6) is 1.10. The van der Waals surface area contributed by atoms with Gasteiger partial charge in [-0.15, -0.1) is 0 Å². The second kappa shape index (κ2) is 6.32. The summed E-state index contributed by atoms with van der Waals surface area (Å²) < 4.78 is 5.67. The van der Waals surface area contributed by atoms with Crippen molar-refractivity contribution in [2.75, 3.05) is 19.8 Å². The summed E-state index contributed by atoms with van der Waals surface area (Å²) in [6, 6.07) is 10.8. The molecule has 1 aromatic rings. The molecule has 1 heterocycles. The zero-order chi connectivity index (χ0) is 19.5. The van der Waals surface area contributed by atoms with Crippen molar-refractivity contribution in [3.8, 4) is 0 Å². The number of benzene rings is 1. The highest BCUT2D eigenvalue weighted by Crippen LogP contribution is 2.69. The molecule has 28 heavy (non-hydrogen) atoms. The van der Waals surface area contributed by atoms with Crippen molar-refractivity contribution in [2.45, 2.75) is 70.6 Å². The third-order valence-electron chi connectivity index (χ3n) is 8.53. The van der Waals surface area contributed by atoms with Gasteiger partial charge < -0.3 is 10.1 Å². The second-order valence-corrected chi connectivity index (χ2v) is 11.4. The molecule has 0 aromatic heterocycles. The van der Waals surface area contributed by atoms with E-state index in [9.17, 15) is 4.79 Å². The summed E-state index contributed by atoms with van der Waals surface area (Å²) in [5, 5.41) is 3.49. The standard InChI is InChI=1S/C25H35NO2/c1-22-12-19-13-23(2,15-22)17-25(14-19,16-22)21(27)26-18-24(8-10-28-11-9-24)20-6-4-3-5-7-20/h3-7,19H,8-18H2,1-2H3,(H,26,27). The van der Waals surface area contributed by atoms with Gasteiger partial charge in [-0.25, -0.2) is 0 Å². The molecule has 1 amide bonds. The van der Waals surface area contributed by atoms with Gasteiger partial charge in [-0.1, -0.05) is 44.2 Å². The molecule has 3 nitrogen and oxygen atoms in total. The van der Waals surface area contributed by atoms with Gasteiger partial charge >= 0.3 is 0 Å². The Kier molecular flexibility index (Phi) is 4.21. The largest absolute Gasteiger partial charge is 0.381 e. The van der Waals surface area contributed by atoms with E-state index in [0.29, 0.717) is 16.7 Å². The molecule has 2 unspecified atom stereocenters. The minimum Gasteiger partial charge on any atom is -0.381 e. The quantitative estimate of drug-likeness (QED) is 0.810. The third-order valence-corrected chi connectivity index (χ3v) is 8.53. The minimum atomic E-state index is -0.119. The zero-order valence-corrected chi connectivity index (χ0v) is 17.6. The maximum absolute atomic E-state index is 13.7. The summed E-state index contributed by atoms with van der Waals surface area (Å²) in [6.45, 7) is 7.21. The van der Waals surface area contributed by atoms with Gasteiger partial charge in [-0.2, -0.15) is 0 Å². The van der Waals surface area contributed by atoms with Gasteiger partial charge in [-0.3, -0.25) is 4.79 Å². The average molecular weight is 382 g/mol. The minimum absolute atomic E-state index is 0.0191. The number of carbonyl (C=O) groups excluding carboxylic acids is 1. The fourth-order valence-electron chi connectivity index (χ4n) is 8.26. The Balaban J connectivity index is 1.37. The van der Waals surface area contributed by atoms with Gasteiger partial charge in [0, 0.05) is 25.2 Å². The molecule has 1 N–H and O–H groups in total. The Hall–Kier alpha value is -1.35. The fourth-order valence-corrected chi connectivity index (χ4v) is 8.26. The Morgan fingerprint density at radius 2 is 1.64 bits per heavy atom. The lowest BCUT2D eigenvalue weighted by Crippen LogP contribution is -2.60. The summed E-state index contributed by atoms with van der Waals surface area (Å²) in [6.07, 6.45) is 9.28. The molecule has 0 radical (unpaired) electrons. The van der Waals surface area contributed by atoms with Crippen molar-refractivity contribution >= 4 is 5.91 Å². The summed E-state index contributed by atoms with van der Waals surface area (Å²) in [4.78, 5) is 13.7. The highest BCUT2D eigenvalue weighted by molar-refractivity contribution is 5.83. The van der Waals surface area contributed by atoms with Gasteiger partial charge in [-0.05, 0) is 73.7 Å². The molecule has 3 heteroatoms. The number of ether oxygens (including phenoxy) is 1. The lowest BCUT2D eigenvalue weighted by Gasteiger charge is -2.64. The Labute approximate surface area is 169 Å². The number of nitrogens with one attached hydrogen (secondary N) is 1. The van der Waals surface area contributed by atoms with Crippen LogP contribution < -0.4 is 5.32 Å². The van der Waals surface area contributed by atoms with Gasteiger partial charge in [0.2, 0.25) is 5.91 Å². The lowest BCUT2D eigenvalue weighted by molar-refractivity contribution is -0.170. The molecule has 4 aliphatic carbocycles. The van der Waals surface area contributed by atoms with E-state index in [-0.39, 0.29) is 10.8 Å². The summed E-state index contributed by atoms with van der Waals surface area (Å²) >= 11 is 0. The molecule has 5 aliphatic rings. The molecule has 1 aliphatic heterocycles. The highest BCUT2D eigenvalue weighted by Gasteiger charge is 2.62. The molecule has 6 rings (SSSR count). The SMILES string of the molecule is CC12CC3CC(C)(C1)CC(C(=O)NCC1(c4ccccc4)CCOCC1)(C3)C2. The van der Waals surface area contributed by atoms with Crippen LogP contribution in [0.25, 0.3) is 0 Å². The molecule has 1 saturated heterocycles. The van der Waals surface area contributed by atoms with Crippen LogP contribution >= 0.6 is 0 Å². The molecule has 4 saturated carbocycles. The van der Waals surface area contributed by atoms with Gasteiger partial charge in [0.15, 0.2) is 0 Å². The second-order valence-electron chi connectivity index (χ2n) is 11.4. The monoisotopic (exact) mass is 381 g/mol. The third kappa shape index (κ3) is 3.01. The van der Waals surface area contributed by atoms with Crippen molar-refractivity contribution in [2.24, 2.45) is 22.2 Å². The van der Waals surface area contributed by atoms with Crippen molar-refractivity contribution in [3.05, 3.63) is 35.9 Å². The van der Waals surface area contributed by atoms with Crippen LogP contribution in [0.4, 0.5) is 0 Å². The molecular formula is C25H35NO2. The van der Waals surface area contributed by atoms with E-state index in [4.69, 9.17) is 4.74 Å². The first-order chi connectivity index (χ1) is 13.3. The summed E-state index contributed by atoms with van der Waals surface area (Å²) in [7, 11) is 0. The Bertz CT molecular complexity index is 733. The van der Waals surface area contributed by atoms with Gasteiger partial charge in [0.05, 0.1) is 5.41 Å². The van der Waals surface area contributed by atoms with Crippen LogP contribution in [-0.4, -0.2) is 25.7 Å². The number of rotatable bonds is 4. The lowest BCUT2D eigenvalue weighted by atomic mass is 9.40. The number of amides is 1. The van der Waals surface area contributed by atoms with Crippen LogP contribution in [0.15, 0.2) is 30.3 Å². The molecule has 2 atom stereocenters. The van der Waals surface area contributed by atoms with E-state index in [0.717, 1.165) is 57.8 Å². The van der Waals surface area contributed by atoms with Crippen LogP contribution in [0.2, 0.25) is 0 Å². The molecule has 152 valence electrons. The maximum atomic E-state index is 13.7. The zero-order valence-electron chi connectivity index (χ0n) is 17.6. The van der Waals surface area contributed by atoms with Crippen LogP contribution in [0.5, 0.6) is 0 Å². The van der Waals surface area contributed by atoms with E-state index in [2.05, 4.69) is 49.5 Å². The first-order valence-corrected chi connectivity index (χ1v) is 11.3. The first kappa shape index (κ1) is 18.7. The Morgan fingerprint density at radius 3 is 2.25 bits per heavy atom. The first-order valence-electron chi connectivity index (χ1n) is 11.3. The van der Waals surface area contributed by atoms with Crippen LogP contribution in [-0.2, 0) is 14.9 Å². The highest BCUT2D eigenvalue weighted by atomic mass is 16.5. The van der Waals surface area contributed by atoms with Gasteiger partial charge in [0.25, 0.3) is 0 Å². The topological polar surface area (TPSA) is 38.3 Å². The molecular weight excluding hydrogens is 346 g/mol. The van der Waals surface area contributed by atoms with E-state index >= 15 is 0 Å². The molecule has 0 spiro atoms. The smallest absolute Gasteiger partial charge is 0.226 e. The number of hydrogen-bond donors (Lipinski definition) is 1. The fraction of sp³-hybridized carbons (Fsp3) is 0.720.